The average molecular weight is 291 g/mol. The zero-order chi connectivity index (χ0) is 15.4. The number of benzene rings is 1. The lowest BCUT2D eigenvalue weighted by atomic mass is 10.2. The number of nitrogens with zero attached hydrogens (tertiary/aromatic N) is 1. The average Bonchev–Trinajstić information content (AvgIpc) is 2.49. The van der Waals surface area contributed by atoms with E-state index in [-0.39, 0.29) is 11.5 Å². The van der Waals surface area contributed by atoms with Crippen molar-refractivity contribution in [2.75, 3.05) is 24.9 Å². The summed E-state index contributed by atoms with van der Waals surface area (Å²) in [6.45, 7) is 0.407. The molecule has 0 aliphatic rings. The second-order valence-corrected chi connectivity index (χ2v) is 4.33. The van der Waals surface area contributed by atoms with Crippen molar-refractivity contribution in [3.05, 3.63) is 50.7 Å². The van der Waals surface area contributed by atoms with Gasteiger partial charge in [0.25, 0.3) is 5.56 Å². The van der Waals surface area contributed by atoms with Gasteiger partial charge >= 0.3 is 5.69 Å². The van der Waals surface area contributed by atoms with Crippen molar-refractivity contribution in [1.82, 2.24) is 15.4 Å². The molecule has 0 spiro atoms. The van der Waals surface area contributed by atoms with E-state index in [1.807, 2.05) is 24.3 Å². The molecule has 21 heavy (non-hydrogen) atoms. The van der Waals surface area contributed by atoms with Crippen LogP contribution in [0.15, 0.2) is 33.9 Å². The summed E-state index contributed by atoms with van der Waals surface area (Å²) >= 11 is 0. The van der Waals surface area contributed by atoms with Gasteiger partial charge in [-0.3, -0.25) is 19.8 Å². The second-order valence-electron chi connectivity index (χ2n) is 4.33. The van der Waals surface area contributed by atoms with E-state index in [1.54, 1.807) is 19.2 Å². The molecular formula is C13H17N5O3. The normalized spacial score (nSPS) is 10.4. The van der Waals surface area contributed by atoms with Crippen molar-refractivity contribution in [3.63, 3.8) is 0 Å². The van der Waals surface area contributed by atoms with Crippen molar-refractivity contribution >= 4 is 11.5 Å². The highest BCUT2D eigenvalue weighted by molar-refractivity contribution is 5.60. The number of nitrogens with one attached hydrogen (secondary N) is 3. The topological polar surface area (TPSA) is 116 Å². The zero-order valence-electron chi connectivity index (χ0n) is 11.8. The van der Waals surface area contributed by atoms with Crippen molar-refractivity contribution in [2.24, 2.45) is 0 Å². The van der Waals surface area contributed by atoms with Crippen LogP contribution < -0.4 is 32.2 Å². The lowest BCUT2D eigenvalue weighted by Crippen LogP contribution is -2.39. The van der Waals surface area contributed by atoms with Crippen LogP contribution in [-0.4, -0.2) is 24.1 Å². The molecule has 112 valence electrons. The van der Waals surface area contributed by atoms with Crippen LogP contribution in [0.4, 0.5) is 11.5 Å². The summed E-state index contributed by atoms with van der Waals surface area (Å²) < 4.78 is 5.09. The Morgan fingerprint density at radius 2 is 1.90 bits per heavy atom. The van der Waals surface area contributed by atoms with Crippen LogP contribution in [0, 0.1) is 0 Å². The Balaban J connectivity index is 2.31. The van der Waals surface area contributed by atoms with Gasteiger partial charge in [-0.15, -0.1) is 0 Å². The van der Waals surface area contributed by atoms with Gasteiger partial charge in [0, 0.05) is 7.05 Å². The molecule has 0 radical (unpaired) electrons. The van der Waals surface area contributed by atoms with E-state index in [1.165, 1.54) is 0 Å². The van der Waals surface area contributed by atoms with Crippen molar-refractivity contribution in [2.45, 2.75) is 6.54 Å². The van der Waals surface area contributed by atoms with Crippen LogP contribution in [0.2, 0.25) is 0 Å². The first-order chi connectivity index (χ1) is 10.0. The Hall–Kier alpha value is -2.74. The Morgan fingerprint density at radius 1 is 1.24 bits per heavy atom. The Morgan fingerprint density at radius 3 is 2.48 bits per heavy atom. The van der Waals surface area contributed by atoms with Gasteiger partial charge in [-0.2, -0.15) is 0 Å². The van der Waals surface area contributed by atoms with Gasteiger partial charge in [-0.05, 0) is 17.7 Å². The molecule has 5 N–H and O–H groups in total. The number of anilines is 2. The highest BCUT2D eigenvalue weighted by atomic mass is 16.5. The molecule has 1 aromatic heterocycles. The molecule has 0 atom stereocenters. The summed E-state index contributed by atoms with van der Waals surface area (Å²) in [7, 11) is 3.26. The monoisotopic (exact) mass is 291 g/mol. The van der Waals surface area contributed by atoms with Gasteiger partial charge in [0.15, 0.2) is 5.82 Å². The van der Waals surface area contributed by atoms with E-state index < -0.39 is 11.2 Å². The molecule has 1 heterocycles. The molecule has 1 aromatic carbocycles. The van der Waals surface area contributed by atoms with Crippen molar-refractivity contribution in [3.8, 4) is 5.75 Å². The van der Waals surface area contributed by atoms with Crippen molar-refractivity contribution in [1.29, 1.82) is 0 Å². The van der Waals surface area contributed by atoms with E-state index in [2.05, 4.69) is 15.4 Å². The number of nitrogen functional groups attached to an aromatic ring is 1. The maximum atomic E-state index is 11.5. The smallest absolute Gasteiger partial charge is 0.327 e. The minimum absolute atomic E-state index is 0.0579. The highest BCUT2D eigenvalue weighted by Gasteiger charge is 2.13. The quantitative estimate of drug-likeness (QED) is 0.567. The molecule has 0 bridgehead atoms. The Labute approximate surface area is 120 Å². The lowest BCUT2D eigenvalue weighted by Gasteiger charge is -2.23. The minimum atomic E-state index is -0.622. The molecule has 2 aromatic rings. The second kappa shape index (κ2) is 6.14. The number of aromatic amines is 2. The summed E-state index contributed by atoms with van der Waals surface area (Å²) in [5.74, 6) is 0.973. The zero-order valence-corrected chi connectivity index (χ0v) is 11.8. The summed E-state index contributed by atoms with van der Waals surface area (Å²) in [5.41, 5.74) is 8.26. The van der Waals surface area contributed by atoms with E-state index in [0.29, 0.717) is 6.54 Å². The van der Waals surface area contributed by atoms with Crippen LogP contribution in [0.25, 0.3) is 0 Å². The fourth-order valence-corrected chi connectivity index (χ4v) is 1.88. The van der Waals surface area contributed by atoms with Gasteiger partial charge < -0.3 is 10.5 Å². The third kappa shape index (κ3) is 3.23. The Bertz CT molecular complexity index is 720. The number of ether oxygens (including phenoxy) is 1. The van der Waals surface area contributed by atoms with Crippen molar-refractivity contribution < 1.29 is 4.74 Å². The van der Waals surface area contributed by atoms with Crippen LogP contribution in [-0.2, 0) is 6.54 Å². The molecular weight excluding hydrogens is 274 g/mol. The molecule has 0 aliphatic carbocycles. The molecule has 0 saturated heterocycles. The highest BCUT2D eigenvalue weighted by Crippen LogP contribution is 2.17. The fourth-order valence-electron chi connectivity index (χ4n) is 1.88. The van der Waals surface area contributed by atoms with Crippen LogP contribution in [0.5, 0.6) is 5.75 Å². The molecule has 0 unspecified atom stereocenters. The van der Waals surface area contributed by atoms with Gasteiger partial charge in [0.05, 0.1) is 13.7 Å². The molecule has 0 saturated carbocycles. The molecule has 0 fully saturated rings. The molecule has 0 aliphatic heterocycles. The molecule has 0 amide bonds. The van der Waals surface area contributed by atoms with Crippen LogP contribution >= 0.6 is 0 Å². The Kier molecular flexibility index (Phi) is 4.29. The first-order valence-electron chi connectivity index (χ1n) is 6.25. The first kappa shape index (κ1) is 14.7. The van der Waals surface area contributed by atoms with Gasteiger partial charge in [-0.25, -0.2) is 10.2 Å². The number of hydrogen-bond acceptors (Lipinski definition) is 6. The molecule has 2 rings (SSSR count). The minimum Gasteiger partial charge on any atom is -0.497 e. The molecule has 8 heteroatoms. The first-order valence-corrected chi connectivity index (χ1v) is 6.25. The number of nitrogens with two attached hydrogens (primary N) is 1. The predicted octanol–water partition coefficient (Wildman–Crippen LogP) is -0.205. The molecule has 8 nitrogen and oxygen atoms in total. The summed E-state index contributed by atoms with van der Waals surface area (Å²) in [6, 6.07) is 7.41. The van der Waals surface area contributed by atoms with Crippen LogP contribution in [0.1, 0.15) is 5.56 Å². The maximum absolute atomic E-state index is 11.5. The number of H-pyrrole nitrogens is 2. The van der Waals surface area contributed by atoms with E-state index >= 15 is 0 Å². The van der Waals surface area contributed by atoms with Crippen LogP contribution in [0.3, 0.4) is 0 Å². The summed E-state index contributed by atoms with van der Waals surface area (Å²) in [5, 5.41) is 1.58. The lowest BCUT2D eigenvalue weighted by molar-refractivity contribution is 0.414. The third-order valence-corrected chi connectivity index (χ3v) is 3.00. The number of rotatable bonds is 5. The third-order valence-electron chi connectivity index (χ3n) is 3.00. The predicted molar refractivity (Wildman–Crippen MR) is 80.3 cm³/mol. The fraction of sp³-hybridized carbons (Fsp3) is 0.231. The SMILES string of the molecule is CNN(Cc1ccc(OC)cc1)c1[nH]c(=O)[nH]c(=O)c1N. The van der Waals surface area contributed by atoms with Gasteiger partial charge in [0.1, 0.15) is 11.4 Å². The van der Waals surface area contributed by atoms with Gasteiger partial charge in [0.2, 0.25) is 0 Å². The standard InChI is InChI=1S/C13H17N5O3/c1-15-18(7-8-3-5-9(21-2)6-4-8)11-10(14)12(19)17-13(20)16-11/h3-6,15H,7,14H2,1-2H3,(H2,16,17,19,20). The summed E-state index contributed by atoms with van der Waals surface area (Å²) in [6.07, 6.45) is 0. The number of methoxy groups -OCH3 is 1. The van der Waals surface area contributed by atoms with E-state index in [0.717, 1.165) is 11.3 Å². The van der Waals surface area contributed by atoms with E-state index in [4.69, 9.17) is 10.5 Å². The number of hydrogen-bond donors (Lipinski definition) is 4. The van der Waals surface area contributed by atoms with Gasteiger partial charge in [-0.1, -0.05) is 12.1 Å². The summed E-state index contributed by atoms with van der Waals surface area (Å²) in [4.78, 5) is 27.5. The van der Waals surface area contributed by atoms with E-state index in [9.17, 15) is 9.59 Å². The number of hydrazine groups is 1. The number of aromatic nitrogens is 2. The maximum Gasteiger partial charge on any atom is 0.327 e. The largest absolute Gasteiger partial charge is 0.497 e.